The van der Waals surface area contributed by atoms with Crippen LogP contribution in [0.3, 0.4) is 0 Å². The third kappa shape index (κ3) is 6.40. The lowest BCUT2D eigenvalue weighted by Crippen LogP contribution is -2.40. The zero-order valence-corrected chi connectivity index (χ0v) is 16.6. The van der Waals surface area contributed by atoms with Gasteiger partial charge in [0.2, 0.25) is 0 Å². The number of hydrogen-bond donors (Lipinski definition) is 1. The lowest BCUT2D eigenvalue weighted by molar-refractivity contribution is 0.115. The van der Waals surface area contributed by atoms with Gasteiger partial charge < -0.3 is 15.0 Å². The van der Waals surface area contributed by atoms with Crippen LogP contribution >= 0.6 is 11.3 Å². The number of hydrogen-bond acceptors (Lipinski definition) is 4. The van der Waals surface area contributed by atoms with Crippen LogP contribution in [0.1, 0.15) is 51.2 Å². The number of nitrogens with zero attached hydrogens (tertiary/aromatic N) is 3. The third-order valence-corrected chi connectivity index (χ3v) is 5.22. The molecule has 1 aromatic heterocycles. The van der Waals surface area contributed by atoms with Gasteiger partial charge in [0.15, 0.2) is 5.96 Å². The molecule has 1 aliphatic rings. The first-order chi connectivity index (χ1) is 11.4. The van der Waals surface area contributed by atoms with E-state index in [1.54, 1.807) is 11.3 Å². The standard InChI is InChI=1S/C18H32N4OS/c1-6-19-17(22(5)9-10-23-12-14-7-8-14)20-11-15-13-24-16(21-15)18(2,3)4/h13-14H,6-12H2,1-5H3,(H,19,20). The molecule has 1 aromatic rings. The minimum atomic E-state index is 0.104. The Labute approximate surface area is 150 Å². The summed E-state index contributed by atoms with van der Waals surface area (Å²) in [7, 11) is 2.06. The van der Waals surface area contributed by atoms with E-state index in [2.05, 4.69) is 50.3 Å². The molecule has 0 unspecified atom stereocenters. The molecule has 136 valence electrons. The fourth-order valence-corrected chi connectivity index (χ4v) is 3.09. The van der Waals surface area contributed by atoms with Gasteiger partial charge in [0.05, 0.1) is 23.9 Å². The number of guanidine groups is 1. The molecule has 2 rings (SSSR count). The van der Waals surface area contributed by atoms with E-state index < -0.39 is 0 Å². The summed E-state index contributed by atoms with van der Waals surface area (Å²) in [6.45, 7) is 12.7. The molecular formula is C18H32N4OS. The molecule has 1 saturated carbocycles. The van der Waals surface area contributed by atoms with E-state index in [1.807, 2.05) is 0 Å². The van der Waals surface area contributed by atoms with E-state index in [1.165, 1.54) is 17.8 Å². The molecule has 0 saturated heterocycles. The average Bonchev–Trinajstić information content (AvgIpc) is 3.21. The van der Waals surface area contributed by atoms with Gasteiger partial charge in [-0.05, 0) is 25.7 Å². The first-order valence-corrected chi connectivity index (χ1v) is 9.80. The Hall–Kier alpha value is -1.14. The van der Waals surface area contributed by atoms with Crippen molar-refractivity contribution in [2.75, 3.05) is 33.4 Å². The number of aromatic nitrogens is 1. The molecule has 1 heterocycles. The van der Waals surface area contributed by atoms with Gasteiger partial charge in [0.25, 0.3) is 0 Å². The number of likely N-dealkylation sites (N-methyl/N-ethyl adjacent to an activating group) is 1. The second-order valence-electron chi connectivity index (χ2n) is 7.50. The summed E-state index contributed by atoms with van der Waals surface area (Å²) in [5, 5.41) is 6.63. The van der Waals surface area contributed by atoms with Crippen molar-refractivity contribution in [2.45, 2.75) is 52.5 Å². The zero-order valence-electron chi connectivity index (χ0n) is 15.8. The monoisotopic (exact) mass is 352 g/mol. The maximum atomic E-state index is 5.72. The summed E-state index contributed by atoms with van der Waals surface area (Å²) in [5.41, 5.74) is 1.14. The van der Waals surface area contributed by atoms with Crippen LogP contribution in [-0.2, 0) is 16.7 Å². The third-order valence-electron chi connectivity index (χ3n) is 3.90. The zero-order chi connectivity index (χ0) is 17.6. The maximum Gasteiger partial charge on any atom is 0.194 e. The number of nitrogens with one attached hydrogen (secondary N) is 1. The van der Waals surface area contributed by atoms with Crippen LogP contribution in [0.5, 0.6) is 0 Å². The van der Waals surface area contributed by atoms with Crippen LogP contribution in [0.25, 0.3) is 0 Å². The lowest BCUT2D eigenvalue weighted by Gasteiger charge is -2.21. The minimum Gasteiger partial charge on any atom is -0.379 e. The van der Waals surface area contributed by atoms with Crippen LogP contribution < -0.4 is 5.32 Å². The van der Waals surface area contributed by atoms with E-state index in [-0.39, 0.29) is 5.41 Å². The summed E-state index contributed by atoms with van der Waals surface area (Å²) in [4.78, 5) is 11.6. The number of aliphatic imine (C=N–C) groups is 1. The molecule has 0 amide bonds. The first-order valence-electron chi connectivity index (χ1n) is 8.92. The highest BCUT2D eigenvalue weighted by molar-refractivity contribution is 7.09. The molecule has 0 radical (unpaired) electrons. The van der Waals surface area contributed by atoms with Crippen molar-refractivity contribution in [3.05, 3.63) is 16.1 Å². The Morgan fingerprint density at radius 3 is 2.79 bits per heavy atom. The van der Waals surface area contributed by atoms with Gasteiger partial charge in [-0.2, -0.15) is 0 Å². The number of thiazole rings is 1. The van der Waals surface area contributed by atoms with E-state index in [9.17, 15) is 0 Å². The highest BCUT2D eigenvalue weighted by Gasteiger charge is 2.21. The minimum absolute atomic E-state index is 0.104. The second kappa shape index (κ2) is 8.81. The smallest absolute Gasteiger partial charge is 0.194 e. The Bertz CT molecular complexity index is 531. The summed E-state index contributed by atoms with van der Waals surface area (Å²) < 4.78 is 5.72. The SMILES string of the molecule is CCNC(=NCc1csc(C(C)(C)C)n1)N(C)CCOCC1CC1. The lowest BCUT2D eigenvalue weighted by atomic mass is 9.98. The van der Waals surface area contributed by atoms with Crippen LogP contribution in [0.2, 0.25) is 0 Å². The van der Waals surface area contributed by atoms with Gasteiger partial charge in [-0.15, -0.1) is 11.3 Å². The maximum absolute atomic E-state index is 5.72. The van der Waals surface area contributed by atoms with Gasteiger partial charge in [0, 0.05) is 37.5 Å². The van der Waals surface area contributed by atoms with E-state index in [0.29, 0.717) is 6.54 Å². The van der Waals surface area contributed by atoms with E-state index in [0.717, 1.165) is 43.9 Å². The number of rotatable bonds is 8. The summed E-state index contributed by atoms with van der Waals surface area (Å²) in [6, 6.07) is 0. The topological polar surface area (TPSA) is 49.8 Å². The largest absolute Gasteiger partial charge is 0.379 e. The fourth-order valence-electron chi connectivity index (χ4n) is 2.19. The van der Waals surface area contributed by atoms with Crippen LogP contribution in [-0.4, -0.2) is 49.2 Å². The van der Waals surface area contributed by atoms with Gasteiger partial charge in [-0.1, -0.05) is 20.8 Å². The Kier molecular flexibility index (Phi) is 7.04. The predicted molar refractivity (Wildman–Crippen MR) is 102 cm³/mol. The molecule has 0 bridgehead atoms. The quantitative estimate of drug-likeness (QED) is 0.443. The molecule has 0 spiro atoms. The molecule has 24 heavy (non-hydrogen) atoms. The van der Waals surface area contributed by atoms with Gasteiger partial charge in [-0.25, -0.2) is 9.98 Å². The van der Waals surface area contributed by atoms with Crippen molar-refractivity contribution in [3.8, 4) is 0 Å². The molecule has 5 nitrogen and oxygen atoms in total. The second-order valence-corrected chi connectivity index (χ2v) is 8.36. The fraction of sp³-hybridized carbons (Fsp3) is 0.778. The molecule has 1 N–H and O–H groups in total. The van der Waals surface area contributed by atoms with Crippen molar-refractivity contribution >= 4 is 17.3 Å². The van der Waals surface area contributed by atoms with Crippen molar-refractivity contribution in [1.29, 1.82) is 0 Å². The molecular weight excluding hydrogens is 320 g/mol. The van der Waals surface area contributed by atoms with Gasteiger partial charge in [-0.3, -0.25) is 0 Å². The number of ether oxygens (including phenoxy) is 1. The van der Waals surface area contributed by atoms with Crippen molar-refractivity contribution in [3.63, 3.8) is 0 Å². The van der Waals surface area contributed by atoms with Crippen LogP contribution in [0, 0.1) is 5.92 Å². The van der Waals surface area contributed by atoms with Crippen molar-refractivity contribution in [2.24, 2.45) is 10.9 Å². The van der Waals surface area contributed by atoms with E-state index in [4.69, 9.17) is 14.7 Å². The van der Waals surface area contributed by atoms with Crippen molar-refractivity contribution in [1.82, 2.24) is 15.2 Å². The highest BCUT2D eigenvalue weighted by Crippen LogP contribution is 2.28. The van der Waals surface area contributed by atoms with Crippen LogP contribution in [0.15, 0.2) is 10.4 Å². The predicted octanol–water partition coefficient (Wildman–Crippen LogP) is 3.26. The summed E-state index contributed by atoms with van der Waals surface area (Å²) in [6.07, 6.45) is 2.67. The molecule has 0 aromatic carbocycles. The first kappa shape index (κ1) is 19.2. The Morgan fingerprint density at radius 2 is 2.21 bits per heavy atom. The average molecular weight is 353 g/mol. The molecule has 1 aliphatic carbocycles. The Balaban J connectivity index is 1.85. The Morgan fingerprint density at radius 1 is 1.46 bits per heavy atom. The van der Waals surface area contributed by atoms with Crippen molar-refractivity contribution < 1.29 is 4.74 Å². The van der Waals surface area contributed by atoms with Gasteiger partial charge in [0.1, 0.15) is 0 Å². The molecule has 1 fully saturated rings. The molecule has 0 atom stereocenters. The normalized spacial score (nSPS) is 15.6. The van der Waals surface area contributed by atoms with Crippen LogP contribution in [0.4, 0.5) is 0 Å². The molecule has 6 heteroatoms. The van der Waals surface area contributed by atoms with Gasteiger partial charge >= 0.3 is 0 Å². The summed E-state index contributed by atoms with van der Waals surface area (Å²) >= 11 is 1.72. The van der Waals surface area contributed by atoms with E-state index >= 15 is 0 Å². The summed E-state index contributed by atoms with van der Waals surface area (Å²) in [5.74, 6) is 1.73. The molecule has 0 aliphatic heterocycles. The highest BCUT2D eigenvalue weighted by atomic mass is 32.1.